The Hall–Kier alpha value is -0.640. The van der Waals surface area contributed by atoms with Gasteiger partial charge in [-0.25, -0.2) is 9.18 Å². The van der Waals surface area contributed by atoms with E-state index in [2.05, 4.69) is 5.32 Å². The lowest BCUT2D eigenvalue weighted by molar-refractivity contribution is -0.157. The highest BCUT2D eigenvalue weighted by Crippen LogP contribution is 2.48. The van der Waals surface area contributed by atoms with Gasteiger partial charge in [-0.15, -0.1) is 0 Å². The van der Waals surface area contributed by atoms with Gasteiger partial charge in [-0.1, -0.05) is 19.8 Å². The quantitative estimate of drug-likeness (QED) is 0.721. The van der Waals surface area contributed by atoms with Crippen molar-refractivity contribution in [2.45, 2.75) is 31.9 Å². The van der Waals surface area contributed by atoms with Crippen LogP contribution in [0.25, 0.3) is 0 Å². The van der Waals surface area contributed by atoms with E-state index < -0.39 is 17.1 Å². The van der Waals surface area contributed by atoms with E-state index in [4.69, 9.17) is 5.11 Å². The third-order valence-electron chi connectivity index (χ3n) is 3.62. The molecule has 2 N–H and O–H groups in total. The van der Waals surface area contributed by atoms with E-state index in [0.717, 1.165) is 12.8 Å². The molecule has 14 heavy (non-hydrogen) atoms. The summed E-state index contributed by atoms with van der Waals surface area (Å²) < 4.78 is 14.2. The monoisotopic (exact) mass is 201 g/mol. The van der Waals surface area contributed by atoms with Crippen molar-refractivity contribution in [2.24, 2.45) is 11.3 Å². The zero-order valence-corrected chi connectivity index (χ0v) is 8.35. The molecule has 0 amide bonds. The molecule has 2 fully saturated rings. The number of carboxylic acid groups (broad SMARTS) is 1. The molecule has 1 aliphatic carbocycles. The van der Waals surface area contributed by atoms with Crippen molar-refractivity contribution in [3.63, 3.8) is 0 Å². The van der Waals surface area contributed by atoms with Crippen LogP contribution in [0, 0.1) is 11.3 Å². The first kappa shape index (κ1) is 9.90. The summed E-state index contributed by atoms with van der Waals surface area (Å²) in [6.07, 6.45) is 2.96. The van der Waals surface area contributed by atoms with Crippen molar-refractivity contribution in [1.82, 2.24) is 5.32 Å². The smallest absolute Gasteiger partial charge is 0.343 e. The minimum atomic E-state index is -2.07. The molecule has 80 valence electrons. The largest absolute Gasteiger partial charge is 0.479 e. The summed E-state index contributed by atoms with van der Waals surface area (Å²) in [5.74, 6) is -0.764. The fourth-order valence-electron chi connectivity index (χ4n) is 2.39. The number of carbonyl (C=O) groups is 1. The maximum atomic E-state index is 14.2. The van der Waals surface area contributed by atoms with Crippen LogP contribution in [0.5, 0.6) is 0 Å². The molecular weight excluding hydrogens is 185 g/mol. The molecule has 1 heterocycles. The van der Waals surface area contributed by atoms with Crippen LogP contribution in [0.3, 0.4) is 0 Å². The second-order valence-electron chi connectivity index (χ2n) is 4.92. The number of hydrogen-bond acceptors (Lipinski definition) is 2. The SMILES string of the molecule is CC1(CC2CC2)CNCC1(F)C(=O)O. The minimum Gasteiger partial charge on any atom is -0.479 e. The van der Waals surface area contributed by atoms with Crippen molar-refractivity contribution in [3.8, 4) is 0 Å². The zero-order chi connectivity index (χ0) is 10.4. The molecule has 2 atom stereocenters. The van der Waals surface area contributed by atoms with Gasteiger partial charge in [0.25, 0.3) is 0 Å². The summed E-state index contributed by atoms with van der Waals surface area (Å²) in [6.45, 7) is 2.18. The molecule has 2 rings (SSSR count). The first-order valence-corrected chi connectivity index (χ1v) is 5.11. The maximum Gasteiger partial charge on any atom is 0.343 e. The molecule has 3 nitrogen and oxygen atoms in total. The number of nitrogens with one attached hydrogen (secondary N) is 1. The first-order chi connectivity index (χ1) is 6.48. The van der Waals surface area contributed by atoms with Gasteiger partial charge >= 0.3 is 5.97 Å². The molecule has 0 radical (unpaired) electrons. The Labute approximate surface area is 82.7 Å². The third-order valence-corrected chi connectivity index (χ3v) is 3.62. The fourth-order valence-corrected chi connectivity index (χ4v) is 2.39. The number of halogens is 1. The highest BCUT2D eigenvalue weighted by atomic mass is 19.1. The number of hydrogen-bond donors (Lipinski definition) is 2. The highest BCUT2D eigenvalue weighted by Gasteiger charge is 2.59. The van der Waals surface area contributed by atoms with Crippen LogP contribution in [0.4, 0.5) is 4.39 Å². The van der Waals surface area contributed by atoms with Gasteiger partial charge in [0, 0.05) is 18.5 Å². The van der Waals surface area contributed by atoms with Crippen LogP contribution in [0.15, 0.2) is 0 Å². The molecule has 1 saturated carbocycles. The topological polar surface area (TPSA) is 49.3 Å². The van der Waals surface area contributed by atoms with Crippen LogP contribution in [-0.2, 0) is 4.79 Å². The summed E-state index contributed by atoms with van der Waals surface area (Å²) in [5.41, 5.74) is -2.80. The van der Waals surface area contributed by atoms with Crippen molar-refractivity contribution < 1.29 is 14.3 Å². The van der Waals surface area contributed by atoms with E-state index in [1.54, 1.807) is 6.92 Å². The molecule has 0 aromatic carbocycles. The Morgan fingerprint density at radius 3 is 2.71 bits per heavy atom. The number of alkyl halides is 1. The average Bonchev–Trinajstić information content (AvgIpc) is 2.81. The van der Waals surface area contributed by atoms with Crippen molar-refractivity contribution in [1.29, 1.82) is 0 Å². The van der Waals surface area contributed by atoms with E-state index in [1.807, 2.05) is 0 Å². The van der Waals surface area contributed by atoms with Gasteiger partial charge in [-0.2, -0.15) is 0 Å². The maximum absolute atomic E-state index is 14.2. The summed E-state index contributed by atoms with van der Waals surface area (Å²) in [7, 11) is 0. The van der Waals surface area contributed by atoms with Gasteiger partial charge in [-0.3, -0.25) is 0 Å². The predicted molar refractivity (Wildman–Crippen MR) is 49.8 cm³/mol. The van der Waals surface area contributed by atoms with Gasteiger partial charge in [0.2, 0.25) is 5.67 Å². The summed E-state index contributed by atoms with van der Waals surface area (Å²) >= 11 is 0. The van der Waals surface area contributed by atoms with Crippen LogP contribution in [0.2, 0.25) is 0 Å². The van der Waals surface area contributed by atoms with Gasteiger partial charge in [-0.05, 0) is 12.3 Å². The zero-order valence-electron chi connectivity index (χ0n) is 8.35. The van der Waals surface area contributed by atoms with E-state index >= 15 is 0 Å². The second-order valence-corrected chi connectivity index (χ2v) is 4.92. The van der Waals surface area contributed by atoms with Crippen molar-refractivity contribution in [3.05, 3.63) is 0 Å². The summed E-state index contributed by atoms with van der Waals surface area (Å²) in [5, 5.41) is 11.8. The summed E-state index contributed by atoms with van der Waals surface area (Å²) in [4.78, 5) is 10.9. The molecule has 4 heteroatoms. The van der Waals surface area contributed by atoms with E-state index in [0.29, 0.717) is 18.9 Å². The highest BCUT2D eigenvalue weighted by molar-refractivity contribution is 5.79. The normalized spacial score (nSPS) is 42.7. The molecule has 2 unspecified atom stereocenters. The fraction of sp³-hybridized carbons (Fsp3) is 0.900. The summed E-state index contributed by atoms with van der Waals surface area (Å²) in [6, 6.07) is 0. The lowest BCUT2D eigenvalue weighted by Gasteiger charge is -2.33. The standard InChI is InChI=1S/C10H16FNO2/c1-9(4-7-2-3-7)5-12-6-10(9,11)8(13)14/h7,12H,2-6H2,1H3,(H,13,14). The van der Waals surface area contributed by atoms with E-state index in [1.165, 1.54) is 0 Å². The van der Waals surface area contributed by atoms with Gasteiger partial charge in [0.1, 0.15) is 0 Å². The minimum absolute atomic E-state index is 0.0500. The van der Waals surface area contributed by atoms with Crippen LogP contribution in [-0.4, -0.2) is 29.8 Å². The third kappa shape index (κ3) is 1.32. The van der Waals surface area contributed by atoms with Crippen LogP contribution in [0.1, 0.15) is 26.2 Å². The molecule has 0 spiro atoms. The van der Waals surface area contributed by atoms with Crippen molar-refractivity contribution >= 4 is 5.97 Å². The van der Waals surface area contributed by atoms with Crippen LogP contribution >= 0.6 is 0 Å². The average molecular weight is 201 g/mol. The first-order valence-electron chi connectivity index (χ1n) is 5.11. The number of carboxylic acids is 1. The Balaban J connectivity index is 2.18. The molecule has 1 saturated heterocycles. The molecule has 0 bridgehead atoms. The molecule has 0 aromatic rings. The Kier molecular flexibility index (Phi) is 2.07. The van der Waals surface area contributed by atoms with Crippen LogP contribution < -0.4 is 5.32 Å². The molecule has 0 aromatic heterocycles. The van der Waals surface area contributed by atoms with Gasteiger partial charge in [0.05, 0.1) is 0 Å². The molecular formula is C10H16FNO2. The Morgan fingerprint density at radius 2 is 2.21 bits per heavy atom. The van der Waals surface area contributed by atoms with E-state index in [9.17, 15) is 9.18 Å². The Morgan fingerprint density at radius 1 is 1.57 bits per heavy atom. The predicted octanol–water partition coefficient (Wildman–Crippen LogP) is 1.19. The van der Waals surface area contributed by atoms with Gasteiger partial charge < -0.3 is 10.4 Å². The van der Waals surface area contributed by atoms with Gasteiger partial charge in [0.15, 0.2) is 0 Å². The Bertz CT molecular complexity index is 267. The lowest BCUT2D eigenvalue weighted by Crippen LogP contribution is -2.48. The number of rotatable bonds is 3. The number of aliphatic carboxylic acids is 1. The lowest BCUT2D eigenvalue weighted by atomic mass is 9.73. The molecule has 2 aliphatic rings. The molecule has 1 aliphatic heterocycles. The van der Waals surface area contributed by atoms with E-state index in [-0.39, 0.29) is 6.54 Å². The van der Waals surface area contributed by atoms with Crippen molar-refractivity contribution in [2.75, 3.05) is 13.1 Å². The second kappa shape index (κ2) is 2.92.